The van der Waals surface area contributed by atoms with E-state index in [1.54, 1.807) is 0 Å². The van der Waals surface area contributed by atoms with E-state index in [2.05, 4.69) is 46.1 Å². The smallest absolute Gasteiger partial charge is 0.225 e. The van der Waals surface area contributed by atoms with E-state index < -0.39 is 0 Å². The highest BCUT2D eigenvalue weighted by atomic mass is 35.5. The van der Waals surface area contributed by atoms with Crippen LogP contribution in [-0.4, -0.2) is 54.6 Å². The van der Waals surface area contributed by atoms with Crippen LogP contribution < -0.4 is 10.6 Å². The van der Waals surface area contributed by atoms with E-state index in [4.69, 9.17) is 10.7 Å². The van der Waals surface area contributed by atoms with Gasteiger partial charge in [-0.05, 0) is 31.6 Å². The summed E-state index contributed by atoms with van der Waals surface area (Å²) in [6, 6.07) is 10.4. The molecule has 1 aliphatic rings. The highest BCUT2D eigenvalue weighted by Gasteiger charge is 2.16. The van der Waals surface area contributed by atoms with Gasteiger partial charge in [0, 0.05) is 37.9 Å². The molecule has 2 aromatic rings. The Morgan fingerprint density at radius 3 is 2.39 bits per heavy atom. The van der Waals surface area contributed by atoms with Gasteiger partial charge in [-0.25, -0.2) is 9.97 Å². The summed E-state index contributed by atoms with van der Waals surface area (Å²) in [4.78, 5) is 13.8. The van der Waals surface area contributed by atoms with Gasteiger partial charge in [-0.15, -0.1) is 12.4 Å². The number of benzene rings is 1. The predicted molar refractivity (Wildman–Crippen MR) is 97.2 cm³/mol. The lowest BCUT2D eigenvalue weighted by atomic mass is 10.1. The number of anilines is 1. The first-order chi connectivity index (χ1) is 10.8. The van der Waals surface area contributed by atoms with E-state index in [9.17, 15) is 0 Å². The molecule has 2 N–H and O–H groups in total. The molecule has 0 unspecified atom stereocenters. The van der Waals surface area contributed by atoms with Crippen molar-refractivity contribution in [2.45, 2.75) is 6.42 Å². The largest absolute Gasteiger partial charge is 0.338 e. The van der Waals surface area contributed by atoms with Gasteiger partial charge in [0.25, 0.3) is 0 Å². The maximum Gasteiger partial charge on any atom is 0.225 e. The molecule has 5 nitrogen and oxygen atoms in total. The third-order valence-corrected chi connectivity index (χ3v) is 4.11. The lowest BCUT2D eigenvalue weighted by Crippen LogP contribution is -2.45. The lowest BCUT2D eigenvalue weighted by molar-refractivity contribution is 0.311. The van der Waals surface area contributed by atoms with Gasteiger partial charge in [0.1, 0.15) is 0 Å². The minimum absolute atomic E-state index is 0. The van der Waals surface area contributed by atoms with E-state index in [1.165, 1.54) is 5.56 Å². The van der Waals surface area contributed by atoms with Crippen molar-refractivity contribution < 1.29 is 0 Å². The first-order valence-electron chi connectivity index (χ1n) is 7.82. The van der Waals surface area contributed by atoms with Crippen molar-refractivity contribution in [3.63, 3.8) is 0 Å². The zero-order valence-corrected chi connectivity index (χ0v) is 14.3. The van der Waals surface area contributed by atoms with E-state index in [0.29, 0.717) is 6.54 Å². The molecule has 0 saturated carbocycles. The fourth-order valence-corrected chi connectivity index (χ4v) is 2.68. The molecule has 6 heteroatoms. The number of piperazine rings is 1. The van der Waals surface area contributed by atoms with Crippen LogP contribution in [-0.2, 0) is 6.42 Å². The average molecular weight is 334 g/mol. The molecule has 3 rings (SSSR count). The monoisotopic (exact) mass is 333 g/mol. The zero-order valence-electron chi connectivity index (χ0n) is 13.5. The quantitative estimate of drug-likeness (QED) is 0.925. The summed E-state index contributed by atoms with van der Waals surface area (Å²) >= 11 is 0. The topological polar surface area (TPSA) is 58.3 Å². The van der Waals surface area contributed by atoms with Crippen molar-refractivity contribution in [1.82, 2.24) is 14.9 Å². The Bertz CT molecular complexity index is 609. The van der Waals surface area contributed by atoms with Crippen molar-refractivity contribution in [1.29, 1.82) is 0 Å². The van der Waals surface area contributed by atoms with Crippen LogP contribution in [0.2, 0.25) is 0 Å². The molecule has 1 fully saturated rings. The van der Waals surface area contributed by atoms with Gasteiger partial charge in [-0.3, -0.25) is 0 Å². The molecule has 0 atom stereocenters. The van der Waals surface area contributed by atoms with Gasteiger partial charge in [0.2, 0.25) is 5.95 Å². The molecule has 0 aliphatic carbocycles. The van der Waals surface area contributed by atoms with E-state index in [0.717, 1.165) is 49.8 Å². The summed E-state index contributed by atoms with van der Waals surface area (Å²) in [6.45, 7) is 4.76. The first kappa shape index (κ1) is 17.7. The third kappa shape index (κ3) is 4.41. The number of halogens is 1. The molecule has 0 radical (unpaired) electrons. The highest BCUT2D eigenvalue weighted by molar-refractivity contribution is 5.85. The predicted octanol–water partition coefficient (Wildman–Crippen LogP) is 1.82. The van der Waals surface area contributed by atoms with Crippen LogP contribution in [0.5, 0.6) is 0 Å². The van der Waals surface area contributed by atoms with Gasteiger partial charge in [-0.1, -0.05) is 24.3 Å². The summed E-state index contributed by atoms with van der Waals surface area (Å²) in [7, 11) is 2.15. The highest BCUT2D eigenvalue weighted by Crippen LogP contribution is 2.20. The molecule has 1 aliphatic heterocycles. The average Bonchev–Trinajstić information content (AvgIpc) is 2.57. The number of rotatable bonds is 4. The number of hydrogen-bond acceptors (Lipinski definition) is 5. The minimum atomic E-state index is 0. The standard InChI is InChI=1S/C17H23N5.ClH/c1-21-10-12-22(13-11-21)17-19-9-7-16(20-17)15-4-2-14(3-5-15)6-8-18;/h2-5,7,9H,6,8,10-13,18H2,1H3;1H. The van der Waals surface area contributed by atoms with E-state index in [-0.39, 0.29) is 12.4 Å². The molecule has 124 valence electrons. The molecular formula is C17H24ClN5. The van der Waals surface area contributed by atoms with Crippen LogP contribution in [0.1, 0.15) is 5.56 Å². The van der Waals surface area contributed by atoms with Crippen molar-refractivity contribution in [3.05, 3.63) is 42.1 Å². The number of nitrogens with two attached hydrogens (primary N) is 1. The second-order valence-corrected chi connectivity index (χ2v) is 5.77. The lowest BCUT2D eigenvalue weighted by Gasteiger charge is -2.32. The van der Waals surface area contributed by atoms with Crippen LogP contribution in [0.4, 0.5) is 5.95 Å². The van der Waals surface area contributed by atoms with E-state index in [1.807, 2.05) is 12.3 Å². The molecule has 0 spiro atoms. The molecule has 0 amide bonds. The number of likely N-dealkylation sites (N-methyl/N-ethyl adjacent to an activating group) is 1. The summed E-state index contributed by atoms with van der Waals surface area (Å²) in [6.07, 6.45) is 2.76. The molecule has 2 heterocycles. The Hall–Kier alpha value is -1.69. The number of nitrogens with zero attached hydrogens (tertiary/aromatic N) is 4. The van der Waals surface area contributed by atoms with Crippen LogP contribution in [0.15, 0.2) is 36.5 Å². The molecular weight excluding hydrogens is 310 g/mol. The van der Waals surface area contributed by atoms with Crippen molar-refractivity contribution in [2.24, 2.45) is 5.73 Å². The minimum Gasteiger partial charge on any atom is -0.338 e. The second kappa shape index (κ2) is 8.24. The fourth-order valence-electron chi connectivity index (χ4n) is 2.68. The van der Waals surface area contributed by atoms with Gasteiger partial charge in [0.15, 0.2) is 0 Å². The second-order valence-electron chi connectivity index (χ2n) is 5.77. The van der Waals surface area contributed by atoms with Crippen molar-refractivity contribution >= 4 is 18.4 Å². The summed E-state index contributed by atoms with van der Waals surface area (Å²) in [5, 5.41) is 0. The maximum absolute atomic E-state index is 5.59. The van der Waals surface area contributed by atoms with E-state index >= 15 is 0 Å². The Balaban J connectivity index is 0.00000192. The van der Waals surface area contributed by atoms with Gasteiger partial charge < -0.3 is 15.5 Å². The summed E-state index contributed by atoms with van der Waals surface area (Å²) in [5.74, 6) is 0.830. The van der Waals surface area contributed by atoms with Crippen LogP contribution in [0.25, 0.3) is 11.3 Å². The first-order valence-corrected chi connectivity index (χ1v) is 7.82. The Kier molecular flexibility index (Phi) is 6.33. The zero-order chi connectivity index (χ0) is 15.4. The Labute approximate surface area is 143 Å². The Morgan fingerprint density at radius 2 is 1.74 bits per heavy atom. The van der Waals surface area contributed by atoms with Gasteiger partial charge in [-0.2, -0.15) is 0 Å². The molecule has 23 heavy (non-hydrogen) atoms. The van der Waals surface area contributed by atoms with Crippen molar-refractivity contribution in [3.8, 4) is 11.3 Å². The van der Waals surface area contributed by atoms with Crippen molar-refractivity contribution in [2.75, 3.05) is 44.7 Å². The molecule has 1 saturated heterocycles. The molecule has 1 aromatic carbocycles. The van der Waals surface area contributed by atoms with Gasteiger partial charge in [0.05, 0.1) is 5.69 Å². The number of aromatic nitrogens is 2. The molecule has 1 aromatic heterocycles. The SMILES string of the molecule is CN1CCN(c2nccc(-c3ccc(CCN)cc3)n2)CC1.Cl. The molecule has 0 bridgehead atoms. The van der Waals surface area contributed by atoms with Crippen LogP contribution in [0, 0.1) is 0 Å². The van der Waals surface area contributed by atoms with Crippen LogP contribution >= 0.6 is 12.4 Å². The summed E-state index contributed by atoms with van der Waals surface area (Å²) < 4.78 is 0. The normalized spacial score (nSPS) is 15.3. The van der Waals surface area contributed by atoms with Crippen LogP contribution in [0.3, 0.4) is 0 Å². The third-order valence-electron chi connectivity index (χ3n) is 4.11. The summed E-state index contributed by atoms with van der Waals surface area (Å²) in [5.41, 5.74) is 8.95. The van der Waals surface area contributed by atoms with Gasteiger partial charge >= 0.3 is 0 Å². The maximum atomic E-state index is 5.59. The Morgan fingerprint density at radius 1 is 1.04 bits per heavy atom. The fraction of sp³-hybridized carbons (Fsp3) is 0.412. The number of hydrogen-bond donors (Lipinski definition) is 1.